The SMILES string of the molecule is C[C@@H]1O[C@@H](O[C@H]2C[C@H](O)[C@@]34C(=O)OC5C[C@]6(C)[C@@H](C7=CC(=O)OC7)CC[C@]6(O)[C@H](CC[C@]3(O)C2)[C@H]54)[C@H](O)[C@H](O)[C@@H]1O. The number of hydrogen-bond donors (Lipinski definition) is 6. The zero-order valence-electron chi connectivity index (χ0n) is 23.2. The highest BCUT2D eigenvalue weighted by molar-refractivity contribution is 5.85. The first-order chi connectivity index (χ1) is 19.3. The molecule has 1 unspecified atom stereocenters. The summed E-state index contributed by atoms with van der Waals surface area (Å²) in [5, 5.41) is 67.1. The van der Waals surface area contributed by atoms with Gasteiger partial charge in [0.2, 0.25) is 0 Å². The van der Waals surface area contributed by atoms with E-state index in [1.54, 1.807) is 0 Å². The first-order valence-electron chi connectivity index (χ1n) is 14.8. The van der Waals surface area contributed by atoms with Gasteiger partial charge in [-0.3, -0.25) is 4.79 Å². The third kappa shape index (κ3) is 3.44. The van der Waals surface area contributed by atoms with Crippen LogP contribution in [0.3, 0.4) is 0 Å². The monoisotopic (exact) mass is 580 g/mol. The van der Waals surface area contributed by atoms with E-state index in [0.29, 0.717) is 25.7 Å². The van der Waals surface area contributed by atoms with Crippen LogP contribution in [0, 0.1) is 28.6 Å². The summed E-state index contributed by atoms with van der Waals surface area (Å²) in [5.41, 5.74) is -4.41. The van der Waals surface area contributed by atoms with E-state index < -0.39 is 94.8 Å². The minimum absolute atomic E-state index is 0.0423. The topological polar surface area (TPSA) is 192 Å². The highest BCUT2D eigenvalue weighted by Gasteiger charge is 2.81. The molecule has 0 aromatic rings. The van der Waals surface area contributed by atoms with Crippen LogP contribution in [0.1, 0.15) is 58.8 Å². The van der Waals surface area contributed by atoms with Crippen molar-refractivity contribution in [3.8, 4) is 0 Å². The highest BCUT2D eigenvalue weighted by atomic mass is 16.7. The van der Waals surface area contributed by atoms with E-state index in [2.05, 4.69) is 0 Å². The molecule has 0 bridgehead atoms. The lowest BCUT2D eigenvalue weighted by Gasteiger charge is -2.64. The molecular formula is C29H40O12. The van der Waals surface area contributed by atoms with Gasteiger partial charge in [-0.15, -0.1) is 0 Å². The zero-order chi connectivity index (χ0) is 29.3. The van der Waals surface area contributed by atoms with Gasteiger partial charge in [0, 0.05) is 30.3 Å². The van der Waals surface area contributed by atoms with Crippen molar-refractivity contribution in [2.75, 3.05) is 6.61 Å². The molecule has 15 atom stereocenters. The van der Waals surface area contributed by atoms with E-state index in [1.165, 1.54) is 13.0 Å². The van der Waals surface area contributed by atoms with Crippen molar-refractivity contribution >= 4 is 11.9 Å². The van der Waals surface area contributed by atoms with Crippen LogP contribution >= 0.6 is 0 Å². The maximum atomic E-state index is 13.8. The number of carbonyl (C=O) groups is 2. The molecule has 1 spiro atoms. The molecule has 41 heavy (non-hydrogen) atoms. The standard InChI is InChI=1S/C29H40O12/c1-12-21(32)22(33)23(34)24(39-12)40-14-8-18(30)29-20-16(3-5-27(29,36)9-14)28(37)6-4-15(13-7-19(31)38-11-13)26(28,2)10-17(20)41-25(29)35/h7,12,14-18,20-24,30,32-34,36-37H,3-6,8-11H2,1-2H3/t12-,14-,15+,16+,17?,18-,20+,21+,22+,23+,24-,26+,27-,28-,29+/m0/s1. The molecular weight excluding hydrogens is 540 g/mol. The zero-order valence-corrected chi connectivity index (χ0v) is 23.2. The summed E-state index contributed by atoms with van der Waals surface area (Å²) in [7, 11) is 0. The van der Waals surface area contributed by atoms with E-state index in [1.807, 2.05) is 6.92 Å². The minimum atomic E-state index is -1.71. The van der Waals surface area contributed by atoms with E-state index in [-0.39, 0.29) is 31.8 Å². The molecule has 3 heterocycles. The molecule has 2 saturated heterocycles. The Kier molecular flexibility index (Phi) is 6.14. The molecule has 0 radical (unpaired) electrons. The lowest BCUT2D eigenvalue weighted by molar-refractivity contribution is -0.324. The Balaban J connectivity index is 1.19. The maximum absolute atomic E-state index is 13.8. The van der Waals surface area contributed by atoms with Gasteiger partial charge < -0.3 is 49.6 Å². The number of aliphatic hydroxyl groups excluding tert-OH is 4. The normalized spacial score (nSPS) is 57.8. The first kappa shape index (κ1) is 28.1. The summed E-state index contributed by atoms with van der Waals surface area (Å²) < 4.78 is 22.7. The summed E-state index contributed by atoms with van der Waals surface area (Å²) in [4.78, 5) is 25.7. The summed E-state index contributed by atoms with van der Waals surface area (Å²) in [6, 6.07) is 0. The number of ether oxygens (including phenoxy) is 4. The van der Waals surface area contributed by atoms with Crippen LogP contribution in [-0.2, 0) is 28.5 Å². The molecule has 6 fully saturated rings. The number of esters is 2. The number of rotatable bonds is 3. The Bertz CT molecular complexity index is 1170. The summed E-state index contributed by atoms with van der Waals surface area (Å²) in [6.45, 7) is 3.71. The fourth-order valence-corrected chi connectivity index (χ4v) is 10.4. The van der Waals surface area contributed by atoms with Crippen LogP contribution < -0.4 is 0 Å². The molecule has 4 aliphatic carbocycles. The van der Waals surface area contributed by atoms with Crippen LogP contribution in [0.25, 0.3) is 0 Å². The third-order valence-corrected chi connectivity index (χ3v) is 12.2. The van der Waals surface area contributed by atoms with E-state index in [0.717, 1.165) is 5.57 Å². The number of cyclic esters (lactones) is 1. The summed E-state index contributed by atoms with van der Waals surface area (Å²) >= 11 is 0. The minimum Gasteiger partial charge on any atom is -0.461 e. The molecule has 12 nitrogen and oxygen atoms in total. The van der Waals surface area contributed by atoms with Crippen LogP contribution in [0.5, 0.6) is 0 Å². The fraction of sp³-hybridized carbons (Fsp3) is 0.862. The van der Waals surface area contributed by atoms with Crippen molar-refractivity contribution in [1.82, 2.24) is 0 Å². The molecule has 7 rings (SSSR count). The van der Waals surface area contributed by atoms with Crippen LogP contribution in [0.2, 0.25) is 0 Å². The van der Waals surface area contributed by atoms with Crippen molar-refractivity contribution in [3.05, 3.63) is 11.6 Å². The predicted octanol–water partition coefficient (Wildman–Crippen LogP) is -0.943. The van der Waals surface area contributed by atoms with E-state index in [4.69, 9.17) is 18.9 Å². The van der Waals surface area contributed by atoms with Gasteiger partial charge in [0.15, 0.2) is 6.29 Å². The van der Waals surface area contributed by atoms with Crippen LogP contribution in [-0.4, -0.2) is 109 Å². The van der Waals surface area contributed by atoms with Crippen LogP contribution in [0.4, 0.5) is 0 Å². The lowest BCUT2D eigenvalue weighted by Crippen LogP contribution is -2.73. The van der Waals surface area contributed by atoms with Crippen molar-refractivity contribution in [1.29, 1.82) is 0 Å². The molecule has 12 heteroatoms. The van der Waals surface area contributed by atoms with Gasteiger partial charge in [-0.2, -0.15) is 0 Å². The summed E-state index contributed by atoms with van der Waals surface area (Å²) in [5.74, 6) is -2.23. The van der Waals surface area contributed by atoms with Crippen molar-refractivity contribution < 1.29 is 59.2 Å². The van der Waals surface area contributed by atoms with Gasteiger partial charge in [0.1, 0.15) is 36.4 Å². The largest absolute Gasteiger partial charge is 0.461 e. The van der Waals surface area contributed by atoms with Gasteiger partial charge in [-0.25, -0.2) is 4.79 Å². The second-order valence-electron chi connectivity index (χ2n) is 13.9. The van der Waals surface area contributed by atoms with Gasteiger partial charge in [-0.05, 0) is 56.4 Å². The quantitative estimate of drug-likeness (QED) is 0.178. The fourth-order valence-electron chi connectivity index (χ4n) is 10.4. The molecule has 228 valence electrons. The summed E-state index contributed by atoms with van der Waals surface area (Å²) in [6.07, 6.45) is -5.91. The van der Waals surface area contributed by atoms with Gasteiger partial charge in [-0.1, -0.05) is 6.92 Å². The Morgan fingerprint density at radius 1 is 1.00 bits per heavy atom. The number of aliphatic hydroxyl groups is 6. The van der Waals surface area contributed by atoms with Gasteiger partial charge >= 0.3 is 11.9 Å². The maximum Gasteiger partial charge on any atom is 0.331 e. The number of fused-ring (bicyclic) bond motifs is 2. The Hall–Kier alpha value is -1.64. The third-order valence-electron chi connectivity index (χ3n) is 12.2. The molecule has 6 N–H and O–H groups in total. The predicted molar refractivity (Wildman–Crippen MR) is 135 cm³/mol. The van der Waals surface area contributed by atoms with Crippen molar-refractivity contribution in [2.24, 2.45) is 28.6 Å². The molecule has 3 aliphatic heterocycles. The smallest absolute Gasteiger partial charge is 0.331 e. The van der Waals surface area contributed by atoms with Gasteiger partial charge in [0.05, 0.1) is 29.5 Å². The average molecular weight is 581 g/mol. The van der Waals surface area contributed by atoms with Crippen molar-refractivity contribution in [3.63, 3.8) is 0 Å². The molecule has 0 aromatic carbocycles. The van der Waals surface area contributed by atoms with Crippen molar-refractivity contribution in [2.45, 2.75) is 119 Å². The average Bonchev–Trinajstić information content (AvgIpc) is 3.54. The second-order valence-corrected chi connectivity index (χ2v) is 13.9. The Morgan fingerprint density at radius 2 is 1.76 bits per heavy atom. The molecule has 0 amide bonds. The number of carbonyl (C=O) groups excluding carboxylic acids is 2. The van der Waals surface area contributed by atoms with Crippen LogP contribution in [0.15, 0.2) is 11.6 Å². The number of hydrogen-bond acceptors (Lipinski definition) is 12. The van der Waals surface area contributed by atoms with E-state index in [9.17, 15) is 40.2 Å². The molecule has 0 aromatic heterocycles. The molecule has 7 aliphatic rings. The Labute approximate surface area is 237 Å². The second kappa shape index (κ2) is 8.95. The Morgan fingerprint density at radius 3 is 2.46 bits per heavy atom. The molecule has 4 saturated carbocycles. The van der Waals surface area contributed by atoms with Gasteiger partial charge in [0.25, 0.3) is 0 Å². The van der Waals surface area contributed by atoms with E-state index >= 15 is 0 Å². The highest BCUT2D eigenvalue weighted by Crippen LogP contribution is 2.73. The lowest BCUT2D eigenvalue weighted by atomic mass is 9.41. The first-order valence-corrected chi connectivity index (χ1v) is 14.8.